The Morgan fingerprint density at radius 3 is 1.67 bits per heavy atom. The van der Waals surface area contributed by atoms with E-state index in [0.29, 0.717) is 0 Å². The lowest BCUT2D eigenvalue weighted by molar-refractivity contribution is -0.130. The first-order valence-corrected chi connectivity index (χ1v) is 13.3. The van der Waals surface area contributed by atoms with E-state index in [-0.39, 0.29) is 17.7 Å². The number of fused-ring (bicyclic) bond motifs is 1. The summed E-state index contributed by atoms with van der Waals surface area (Å²) in [6.07, 6.45) is 9.39. The van der Waals surface area contributed by atoms with Crippen LogP contribution in [0, 0.1) is 5.92 Å². The molecule has 0 aliphatic carbocycles. The number of rotatable bonds is 3. The second kappa shape index (κ2) is 26.2. The van der Waals surface area contributed by atoms with Crippen LogP contribution in [-0.2, 0) is 4.79 Å². The van der Waals surface area contributed by atoms with Crippen LogP contribution in [0.1, 0.15) is 120 Å². The van der Waals surface area contributed by atoms with Crippen LogP contribution in [0.5, 0.6) is 0 Å². The van der Waals surface area contributed by atoms with Gasteiger partial charge in [0.1, 0.15) is 0 Å². The summed E-state index contributed by atoms with van der Waals surface area (Å²) in [7, 11) is 1.88. The maximum atomic E-state index is 13.0. The molecule has 1 heterocycles. The Hall–Kier alpha value is -2.09. The molecule has 1 atom stereocenters. The Morgan fingerprint density at radius 1 is 0.848 bits per heavy atom. The zero-order valence-electron chi connectivity index (χ0n) is 24.8. The van der Waals surface area contributed by atoms with Crippen LogP contribution in [0.2, 0.25) is 0 Å². The van der Waals surface area contributed by atoms with Crippen molar-refractivity contribution in [2.45, 2.75) is 109 Å². The summed E-state index contributed by atoms with van der Waals surface area (Å²) in [6.45, 7) is 28.5. The highest BCUT2D eigenvalue weighted by molar-refractivity contribution is 5.94. The van der Waals surface area contributed by atoms with Gasteiger partial charge in [-0.15, -0.1) is 0 Å². The van der Waals surface area contributed by atoms with Crippen LogP contribution < -0.4 is 0 Å². The molecule has 192 valence electrons. The van der Waals surface area contributed by atoms with Gasteiger partial charge < -0.3 is 4.90 Å². The first-order valence-electron chi connectivity index (χ1n) is 13.3. The van der Waals surface area contributed by atoms with Crippen molar-refractivity contribution in [2.24, 2.45) is 5.92 Å². The molecule has 0 spiro atoms. The molecule has 0 N–H and O–H groups in total. The van der Waals surface area contributed by atoms with Crippen molar-refractivity contribution in [1.82, 2.24) is 4.90 Å². The summed E-state index contributed by atoms with van der Waals surface area (Å²) in [4.78, 5) is 14.8. The van der Waals surface area contributed by atoms with Gasteiger partial charge in [-0.3, -0.25) is 4.79 Å². The molecule has 1 unspecified atom stereocenters. The molecule has 1 aliphatic heterocycles. The zero-order chi connectivity index (χ0) is 27.0. The van der Waals surface area contributed by atoms with E-state index in [4.69, 9.17) is 0 Å². The van der Waals surface area contributed by atoms with E-state index in [0.717, 1.165) is 22.4 Å². The summed E-state index contributed by atoms with van der Waals surface area (Å²) in [5, 5.41) is 0. The zero-order valence-corrected chi connectivity index (χ0v) is 24.8. The minimum absolute atomic E-state index is 0.107. The lowest BCUT2D eigenvalue weighted by atomic mass is 9.84. The number of benzene rings is 1. The number of carbonyl (C=O) groups is 1. The highest BCUT2D eigenvalue weighted by atomic mass is 16.2. The highest BCUT2D eigenvalue weighted by Crippen LogP contribution is 2.38. The third-order valence-corrected chi connectivity index (χ3v) is 4.14. The van der Waals surface area contributed by atoms with Crippen molar-refractivity contribution >= 4 is 11.5 Å². The first kappa shape index (κ1) is 38.2. The average Bonchev–Trinajstić information content (AvgIpc) is 2.94. The van der Waals surface area contributed by atoms with Gasteiger partial charge >= 0.3 is 0 Å². The number of nitrogens with zero attached hydrogens (tertiary/aromatic N) is 1. The van der Waals surface area contributed by atoms with Gasteiger partial charge in [0.2, 0.25) is 5.91 Å². The lowest BCUT2D eigenvalue weighted by Gasteiger charge is -2.25. The van der Waals surface area contributed by atoms with Crippen LogP contribution in [-0.4, -0.2) is 17.9 Å². The Kier molecular flexibility index (Phi) is 30.3. The van der Waals surface area contributed by atoms with Crippen LogP contribution in [0.25, 0.3) is 5.57 Å². The smallest absolute Gasteiger partial charge is 0.234 e. The maximum absolute atomic E-state index is 13.0. The number of amides is 1. The SMILES string of the molecule is CC.CC.CC.CC.CCC.C\C=C/C1=C(\C=C/C)N(C)C(=O)C(C(C)C)c2ccccc21. The molecule has 2 nitrogen and oxygen atoms in total. The molecule has 1 aromatic carbocycles. The quantitative estimate of drug-likeness (QED) is 0.440. The third kappa shape index (κ3) is 12.7. The number of hydrogen-bond donors (Lipinski definition) is 0. The largest absolute Gasteiger partial charge is 0.314 e. The van der Waals surface area contributed by atoms with E-state index in [1.807, 2.05) is 107 Å². The Morgan fingerprint density at radius 2 is 1.27 bits per heavy atom. The molecule has 1 aliphatic rings. The first-order chi connectivity index (χ1) is 15.9. The Bertz CT molecular complexity index is 665. The summed E-state index contributed by atoms with van der Waals surface area (Å²) >= 11 is 0. The highest BCUT2D eigenvalue weighted by Gasteiger charge is 2.33. The summed E-state index contributed by atoms with van der Waals surface area (Å²) < 4.78 is 0. The van der Waals surface area contributed by atoms with Crippen LogP contribution in [0.3, 0.4) is 0 Å². The van der Waals surface area contributed by atoms with Crippen molar-refractivity contribution in [2.75, 3.05) is 7.05 Å². The van der Waals surface area contributed by atoms with E-state index in [9.17, 15) is 4.79 Å². The second-order valence-electron chi connectivity index (χ2n) is 6.71. The molecule has 1 aromatic rings. The molecule has 33 heavy (non-hydrogen) atoms. The van der Waals surface area contributed by atoms with E-state index in [2.05, 4.69) is 45.9 Å². The molecule has 0 saturated heterocycles. The van der Waals surface area contributed by atoms with Crippen molar-refractivity contribution in [3.63, 3.8) is 0 Å². The van der Waals surface area contributed by atoms with Gasteiger partial charge in [0.25, 0.3) is 0 Å². The summed E-state index contributed by atoms with van der Waals surface area (Å²) in [5.41, 5.74) is 4.35. The van der Waals surface area contributed by atoms with E-state index in [1.165, 1.54) is 6.42 Å². The van der Waals surface area contributed by atoms with Gasteiger partial charge in [-0.2, -0.15) is 0 Å². The fraction of sp³-hybridized carbons (Fsp3) is 0.581. The van der Waals surface area contributed by atoms with Crippen molar-refractivity contribution in [3.8, 4) is 0 Å². The molecule has 0 fully saturated rings. The second-order valence-corrected chi connectivity index (χ2v) is 6.71. The van der Waals surface area contributed by atoms with Crippen LogP contribution in [0.4, 0.5) is 0 Å². The number of carbonyl (C=O) groups excluding carboxylic acids is 1. The standard InChI is InChI=1S/C20H25NO.C3H8.4C2H6/c1-6-10-16-15-12-8-9-13-17(15)19(14(3)4)20(22)21(5)18(16)11-7-2;1-3-2;4*1-2/h6-14,19H,1-5H3;3H2,1-2H3;4*1-2H3/b10-6-,11-7-;;;;;. The van der Waals surface area contributed by atoms with Gasteiger partial charge in [-0.05, 0) is 37.0 Å². The Balaban J connectivity index is -0.000000332. The van der Waals surface area contributed by atoms with Gasteiger partial charge in [0.05, 0.1) is 11.6 Å². The van der Waals surface area contributed by atoms with Crippen molar-refractivity contribution in [1.29, 1.82) is 0 Å². The van der Waals surface area contributed by atoms with Gasteiger partial charge in [-0.1, -0.05) is 132 Å². The van der Waals surface area contributed by atoms with Crippen LogP contribution >= 0.6 is 0 Å². The van der Waals surface area contributed by atoms with Gasteiger partial charge in [-0.25, -0.2) is 0 Å². The molecule has 1 amide bonds. The normalized spacial score (nSPS) is 14.2. The number of allylic oxidation sites excluding steroid dienone is 5. The van der Waals surface area contributed by atoms with Crippen molar-refractivity contribution < 1.29 is 4.79 Å². The average molecular weight is 460 g/mol. The predicted molar refractivity (Wildman–Crippen MR) is 155 cm³/mol. The van der Waals surface area contributed by atoms with E-state index >= 15 is 0 Å². The van der Waals surface area contributed by atoms with E-state index < -0.39 is 0 Å². The topological polar surface area (TPSA) is 20.3 Å². The predicted octanol–water partition coefficient (Wildman–Crippen LogP) is 10.3. The fourth-order valence-electron chi connectivity index (χ4n) is 3.14. The van der Waals surface area contributed by atoms with E-state index in [1.54, 1.807) is 4.90 Å². The molecular formula is C31H57NO. The number of likely N-dealkylation sites (N-methyl/N-ethyl adjacent to an activating group) is 1. The fourth-order valence-corrected chi connectivity index (χ4v) is 3.14. The minimum atomic E-state index is -0.107. The molecule has 0 aromatic heterocycles. The number of hydrogen-bond acceptors (Lipinski definition) is 1. The van der Waals surface area contributed by atoms with Gasteiger partial charge in [0.15, 0.2) is 0 Å². The molecular weight excluding hydrogens is 402 g/mol. The summed E-state index contributed by atoms with van der Waals surface area (Å²) in [5.74, 6) is 0.312. The maximum Gasteiger partial charge on any atom is 0.234 e. The lowest BCUT2D eigenvalue weighted by Crippen LogP contribution is -2.32. The Labute approximate surface area is 208 Å². The van der Waals surface area contributed by atoms with Crippen LogP contribution in [0.15, 0.2) is 54.3 Å². The molecule has 2 rings (SSSR count). The molecule has 0 saturated carbocycles. The molecule has 2 heteroatoms. The molecule has 0 bridgehead atoms. The third-order valence-electron chi connectivity index (χ3n) is 4.14. The minimum Gasteiger partial charge on any atom is -0.314 e. The summed E-state index contributed by atoms with van der Waals surface area (Å²) in [6, 6.07) is 8.28. The molecule has 0 radical (unpaired) electrons. The van der Waals surface area contributed by atoms with Crippen molar-refractivity contribution in [3.05, 3.63) is 65.4 Å². The monoisotopic (exact) mass is 459 g/mol. The van der Waals surface area contributed by atoms with Gasteiger partial charge in [0, 0.05) is 12.6 Å².